The number of nitrogens with one attached hydrogen (secondary N) is 2. The van der Waals surface area contributed by atoms with Gasteiger partial charge in [0.25, 0.3) is 0 Å². The molecule has 1 unspecified atom stereocenters. The fourth-order valence-electron chi connectivity index (χ4n) is 3.59. The van der Waals surface area contributed by atoms with Gasteiger partial charge in [-0.25, -0.2) is 0 Å². The van der Waals surface area contributed by atoms with Crippen LogP contribution in [0.5, 0.6) is 5.75 Å². The fourth-order valence-corrected chi connectivity index (χ4v) is 3.59. The van der Waals surface area contributed by atoms with Gasteiger partial charge in [-0.3, -0.25) is 9.89 Å². The molecular weight excluding hydrogens is 354 g/mol. The molecule has 0 aliphatic carbocycles. The van der Waals surface area contributed by atoms with Crippen LogP contribution in [0.3, 0.4) is 0 Å². The van der Waals surface area contributed by atoms with Gasteiger partial charge in [0.15, 0.2) is 11.8 Å². The van der Waals surface area contributed by atoms with Crippen molar-refractivity contribution < 1.29 is 4.74 Å². The van der Waals surface area contributed by atoms with Crippen LogP contribution >= 0.6 is 0 Å². The van der Waals surface area contributed by atoms with Crippen LogP contribution in [-0.2, 0) is 13.1 Å². The summed E-state index contributed by atoms with van der Waals surface area (Å²) in [5.74, 6) is 2.55. The van der Waals surface area contributed by atoms with Gasteiger partial charge in [0.05, 0.1) is 19.7 Å². The Morgan fingerprint density at radius 3 is 2.61 bits per heavy atom. The van der Waals surface area contributed by atoms with E-state index in [4.69, 9.17) is 4.74 Å². The third-order valence-electron chi connectivity index (χ3n) is 5.22. The van der Waals surface area contributed by atoms with E-state index in [1.807, 2.05) is 16.7 Å². The molecule has 152 valence electrons. The van der Waals surface area contributed by atoms with Gasteiger partial charge >= 0.3 is 0 Å². The van der Waals surface area contributed by atoms with Gasteiger partial charge in [0, 0.05) is 20.1 Å². The Balaban J connectivity index is 1.62. The quantitative estimate of drug-likeness (QED) is 0.533. The van der Waals surface area contributed by atoms with Gasteiger partial charge < -0.3 is 19.9 Å². The van der Waals surface area contributed by atoms with E-state index >= 15 is 0 Å². The van der Waals surface area contributed by atoms with Crippen LogP contribution in [0.1, 0.15) is 37.2 Å². The number of guanidine groups is 1. The molecule has 1 fully saturated rings. The third-order valence-corrected chi connectivity index (χ3v) is 5.22. The van der Waals surface area contributed by atoms with Crippen molar-refractivity contribution in [2.75, 3.05) is 33.8 Å². The largest absolute Gasteiger partial charge is 0.497 e. The molecule has 0 radical (unpaired) electrons. The Hall–Kier alpha value is -2.61. The number of hydrogen-bond acceptors (Lipinski definition) is 5. The summed E-state index contributed by atoms with van der Waals surface area (Å²) < 4.78 is 7.32. The van der Waals surface area contributed by atoms with E-state index < -0.39 is 0 Å². The number of ether oxygens (including phenoxy) is 1. The Morgan fingerprint density at radius 2 is 1.96 bits per heavy atom. The number of aliphatic imine (C=N–C) groups is 1. The van der Waals surface area contributed by atoms with Crippen molar-refractivity contribution in [1.82, 2.24) is 30.3 Å². The zero-order chi connectivity index (χ0) is 19.8. The lowest BCUT2D eigenvalue weighted by Crippen LogP contribution is -2.42. The number of aryl methyl sites for hydroxylation is 1. The molecule has 1 aliphatic heterocycles. The molecule has 3 rings (SSSR count). The Labute approximate surface area is 167 Å². The molecule has 1 aromatic heterocycles. The minimum absolute atomic E-state index is 0.297. The first-order valence-corrected chi connectivity index (χ1v) is 9.94. The molecule has 2 heterocycles. The van der Waals surface area contributed by atoms with E-state index in [-0.39, 0.29) is 0 Å². The summed E-state index contributed by atoms with van der Waals surface area (Å²) in [4.78, 5) is 6.90. The molecule has 1 aromatic carbocycles. The summed E-state index contributed by atoms with van der Waals surface area (Å²) in [7, 11) is 3.49. The lowest BCUT2D eigenvalue weighted by molar-refractivity contribution is 0.245. The summed E-state index contributed by atoms with van der Waals surface area (Å²) >= 11 is 0. The minimum Gasteiger partial charge on any atom is -0.497 e. The summed E-state index contributed by atoms with van der Waals surface area (Å²) in [5, 5.41) is 15.0. The van der Waals surface area contributed by atoms with Crippen LogP contribution in [0.15, 0.2) is 35.6 Å². The molecule has 0 spiro atoms. The molecular formula is C20H31N7O. The molecule has 0 bridgehead atoms. The maximum Gasteiger partial charge on any atom is 0.191 e. The van der Waals surface area contributed by atoms with Crippen molar-refractivity contribution in [3.8, 4) is 5.75 Å². The number of benzene rings is 1. The number of nitrogens with zero attached hydrogens (tertiary/aromatic N) is 5. The van der Waals surface area contributed by atoms with Crippen LogP contribution in [0.2, 0.25) is 0 Å². The van der Waals surface area contributed by atoms with Gasteiger partial charge in [-0.05, 0) is 50.6 Å². The second kappa shape index (κ2) is 10.1. The zero-order valence-corrected chi connectivity index (χ0v) is 17.1. The standard InChI is InChI=1S/C20H31N7O/c1-4-26-15-24-25-19(26)14-23-20(21-2)22-13-18(27-11-5-6-12-27)16-7-9-17(28-3)10-8-16/h7-10,15,18H,4-6,11-14H2,1-3H3,(H2,21,22,23). The van der Waals surface area contributed by atoms with E-state index in [9.17, 15) is 0 Å². The van der Waals surface area contributed by atoms with Gasteiger partial charge in [-0.1, -0.05) is 12.1 Å². The van der Waals surface area contributed by atoms with Gasteiger partial charge in [0.2, 0.25) is 0 Å². The number of methoxy groups -OCH3 is 1. The Kier molecular flexibility index (Phi) is 7.25. The first-order valence-electron chi connectivity index (χ1n) is 9.94. The number of aromatic nitrogens is 3. The van der Waals surface area contributed by atoms with Gasteiger partial charge in [-0.15, -0.1) is 10.2 Å². The second-order valence-corrected chi connectivity index (χ2v) is 6.87. The minimum atomic E-state index is 0.297. The number of likely N-dealkylation sites (tertiary alicyclic amines) is 1. The highest BCUT2D eigenvalue weighted by Gasteiger charge is 2.23. The number of rotatable bonds is 8. The van der Waals surface area contributed by atoms with E-state index in [0.29, 0.717) is 12.6 Å². The van der Waals surface area contributed by atoms with Crippen molar-refractivity contribution in [3.05, 3.63) is 42.0 Å². The molecule has 28 heavy (non-hydrogen) atoms. The maximum atomic E-state index is 5.30. The molecule has 1 saturated heterocycles. The predicted octanol–water partition coefficient (Wildman–Crippen LogP) is 1.81. The average molecular weight is 386 g/mol. The molecule has 8 nitrogen and oxygen atoms in total. The lowest BCUT2D eigenvalue weighted by atomic mass is 10.1. The highest BCUT2D eigenvalue weighted by Crippen LogP contribution is 2.26. The average Bonchev–Trinajstić information content (AvgIpc) is 3.42. The molecule has 0 amide bonds. The topological polar surface area (TPSA) is 79.6 Å². The summed E-state index contributed by atoms with van der Waals surface area (Å²) in [5.41, 5.74) is 1.29. The Morgan fingerprint density at radius 1 is 1.21 bits per heavy atom. The van der Waals surface area contributed by atoms with Crippen molar-refractivity contribution in [2.24, 2.45) is 4.99 Å². The summed E-state index contributed by atoms with van der Waals surface area (Å²) in [6, 6.07) is 8.67. The monoisotopic (exact) mass is 385 g/mol. The highest BCUT2D eigenvalue weighted by molar-refractivity contribution is 5.79. The smallest absolute Gasteiger partial charge is 0.191 e. The van der Waals surface area contributed by atoms with Gasteiger partial charge in [-0.2, -0.15) is 0 Å². The molecule has 2 N–H and O–H groups in total. The van der Waals surface area contributed by atoms with Crippen LogP contribution < -0.4 is 15.4 Å². The lowest BCUT2D eigenvalue weighted by Gasteiger charge is -2.29. The molecule has 8 heteroatoms. The highest BCUT2D eigenvalue weighted by atomic mass is 16.5. The van der Waals surface area contributed by atoms with Crippen molar-refractivity contribution in [2.45, 2.75) is 38.9 Å². The van der Waals surface area contributed by atoms with Gasteiger partial charge in [0.1, 0.15) is 12.1 Å². The van der Waals surface area contributed by atoms with Crippen LogP contribution in [0.4, 0.5) is 0 Å². The van der Waals surface area contributed by atoms with Crippen molar-refractivity contribution in [3.63, 3.8) is 0 Å². The van der Waals surface area contributed by atoms with E-state index in [2.05, 4.69) is 49.8 Å². The normalized spacial score (nSPS) is 16.2. The van der Waals surface area contributed by atoms with Crippen molar-refractivity contribution >= 4 is 5.96 Å². The van der Waals surface area contributed by atoms with E-state index in [0.717, 1.165) is 43.7 Å². The van der Waals surface area contributed by atoms with E-state index in [1.165, 1.54) is 18.4 Å². The molecule has 1 aliphatic rings. The fraction of sp³-hybridized carbons (Fsp3) is 0.550. The van der Waals surface area contributed by atoms with Crippen LogP contribution in [0.25, 0.3) is 0 Å². The predicted molar refractivity (Wildman–Crippen MR) is 110 cm³/mol. The zero-order valence-electron chi connectivity index (χ0n) is 17.1. The summed E-state index contributed by atoms with van der Waals surface area (Å²) in [6.07, 6.45) is 4.26. The SMILES string of the molecule is CCn1cnnc1CNC(=NC)NCC(c1ccc(OC)cc1)N1CCCC1. The first kappa shape index (κ1) is 20.1. The molecule has 2 aromatic rings. The van der Waals surface area contributed by atoms with Crippen LogP contribution in [0, 0.1) is 0 Å². The summed E-state index contributed by atoms with van der Waals surface area (Å²) in [6.45, 7) is 6.56. The molecule has 0 saturated carbocycles. The first-order chi connectivity index (χ1) is 13.7. The maximum absolute atomic E-state index is 5.30. The van der Waals surface area contributed by atoms with Crippen LogP contribution in [-0.4, -0.2) is 59.4 Å². The Bertz CT molecular complexity index is 750. The second-order valence-electron chi connectivity index (χ2n) is 6.87. The number of hydrogen-bond donors (Lipinski definition) is 2. The third kappa shape index (κ3) is 5.01. The van der Waals surface area contributed by atoms with E-state index in [1.54, 1.807) is 20.5 Å². The van der Waals surface area contributed by atoms with Crippen molar-refractivity contribution in [1.29, 1.82) is 0 Å². The molecule has 1 atom stereocenters.